The van der Waals surface area contributed by atoms with Crippen LogP contribution in [0, 0.1) is 6.92 Å². The van der Waals surface area contributed by atoms with Crippen LogP contribution in [0.5, 0.6) is 17.2 Å². The predicted molar refractivity (Wildman–Crippen MR) is 174 cm³/mol. The van der Waals surface area contributed by atoms with Gasteiger partial charge in [-0.05, 0) is 55.0 Å². The van der Waals surface area contributed by atoms with Crippen molar-refractivity contribution in [1.82, 2.24) is 0 Å². The summed E-state index contributed by atoms with van der Waals surface area (Å²) in [5.41, 5.74) is 8.42. The van der Waals surface area contributed by atoms with Gasteiger partial charge >= 0.3 is 9.33 Å². The summed E-state index contributed by atoms with van der Waals surface area (Å²) in [5.74, 6) is 1.35. The Hall–Kier alpha value is -3.76. The minimum Gasteiger partial charge on any atom is -0.495 e. The standard InChI is InChI=1S/C9H10ClNO4S.C9H11NO2.C8H11NO.CH4.ClHO3S/c1-6(12)11-8-5-7(16(10,13)14)3-4-9(8)15-2;1-7(11)10-8-5-3-4-6-9(8)12-2;1-6-3-4-8(10-2)7(9)5-6;;1-5(2,3)4/h3-5H,1-2H3,(H,11,12);3-6H,1-2H3,(H,10,11);3-5H,9H2,1-2H3;1H4;(H,2,3,4). The van der Waals surface area contributed by atoms with E-state index in [1.54, 1.807) is 26.4 Å². The van der Waals surface area contributed by atoms with Crippen LogP contribution in [0.25, 0.3) is 0 Å². The lowest BCUT2D eigenvalue weighted by Gasteiger charge is -2.09. The highest BCUT2D eigenvalue weighted by molar-refractivity contribution is 8.13. The molecule has 0 atom stereocenters. The van der Waals surface area contributed by atoms with E-state index < -0.39 is 18.4 Å². The van der Waals surface area contributed by atoms with E-state index in [9.17, 15) is 18.0 Å². The molecule has 13 nitrogen and oxygen atoms in total. The van der Waals surface area contributed by atoms with E-state index in [-0.39, 0.29) is 29.8 Å². The summed E-state index contributed by atoms with van der Waals surface area (Å²) in [4.78, 5) is 21.5. The Morgan fingerprint density at radius 3 is 1.61 bits per heavy atom. The Kier molecular flexibility index (Phi) is 19.5. The molecule has 44 heavy (non-hydrogen) atoms. The zero-order valence-electron chi connectivity index (χ0n) is 24.0. The molecule has 0 aliphatic heterocycles. The number of carbonyl (C=O) groups excluding carboxylic acids is 2. The number of benzene rings is 3. The molecule has 3 aromatic carbocycles. The van der Waals surface area contributed by atoms with Gasteiger partial charge in [0.25, 0.3) is 9.05 Å². The first-order valence-electron chi connectivity index (χ1n) is 11.7. The van der Waals surface area contributed by atoms with Crippen LogP contribution in [0.4, 0.5) is 17.1 Å². The second-order valence-electron chi connectivity index (χ2n) is 8.02. The lowest BCUT2D eigenvalue weighted by molar-refractivity contribution is -0.115. The molecule has 246 valence electrons. The van der Waals surface area contributed by atoms with Crippen molar-refractivity contribution in [1.29, 1.82) is 0 Å². The number of rotatable bonds is 6. The lowest BCUT2D eigenvalue weighted by atomic mass is 10.2. The molecule has 0 aliphatic rings. The van der Waals surface area contributed by atoms with Crippen LogP contribution in [0.1, 0.15) is 26.8 Å². The summed E-state index contributed by atoms with van der Waals surface area (Å²) in [5, 5.41) is 5.11. The average Bonchev–Trinajstić information content (AvgIpc) is 2.88. The van der Waals surface area contributed by atoms with Crippen molar-refractivity contribution in [3.63, 3.8) is 0 Å². The number of hydrogen-bond acceptors (Lipinski definition) is 10. The zero-order chi connectivity index (χ0) is 33.4. The van der Waals surface area contributed by atoms with Gasteiger partial charge in [-0.2, -0.15) is 8.42 Å². The number of nitrogens with one attached hydrogen (secondary N) is 2. The maximum Gasteiger partial charge on any atom is 0.353 e. The molecule has 0 spiro atoms. The largest absolute Gasteiger partial charge is 0.495 e. The van der Waals surface area contributed by atoms with Crippen LogP contribution < -0.4 is 30.6 Å². The van der Waals surface area contributed by atoms with Crippen LogP contribution in [-0.2, 0) is 28.0 Å². The smallest absolute Gasteiger partial charge is 0.353 e. The van der Waals surface area contributed by atoms with Gasteiger partial charge in [-0.25, -0.2) is 8.42 Å². The molecule has 0 bridgehead atoms. The van der Waals surface area contributed by atoms with Crippen LogP contribution in [0.15, 0.2) is 65.6 Å². The highest BCUT2D eigenvalue weighted by atomic mass is 35.7. The van der Waals surface area contributed by atoms with Crippen molar-refractivity contribution in [2.45, 2.75) is 33.1 Å². The molecule has 0 aromatic heterocycles. The monoisotopic (exact) mass is 697 g/mol. The number of halogens is 2. The number of nitrogen functional groups attached to an aromatic ring is 1. The second kappa shape index (κ2) is 20.2. The molecule has 5 N–H and O–H groups in total. The van der Waals surface area contributed by atoms with Crippen molar-refractivity contribution in [3.05, 3.63) is 66.2 Å². The minimum atomic E-state index is -4.19. The average molecular weight is 699 g/mol. The van der Waals surface area contributed by atoms with Crippen LogP contribution in [-0.4, -0.2) is 54.5 Å². The van der Waals surface area contributed by atoms with Gasteiger partial charge in [0.15, 0.2) is 0 Å². The Morgan fingerprint density at radius 1 is 0.750 bits per heavy atom. The number of anilines is 3. The fraction of sp³-hybridized carbons (Fsp3) is 0.259. The molecule has 0 aliphatic carbocycles. The number of amides is 2. The number of carbonyl (C=O) groups is 2. The Labute approximate surface area is 267 Å². The summed E-state index contributed by atoms with van der Waals surface area (Å²) in [6.07, 6.45) is 0. The number of para-hydroxylation sites is 2. The topological polar surface area (TPSA) is 200 Å². The van der Waals surface area contributed by atoms with E-state index in [4.69, 9.17) is 43.6 Å². The van der Waals surface area contributed by atoms with E-state index in [1.165, 1.54) is 39.2 Å². The molecule has 0 heterocycles. The molecule has 0 unspecified atom stereocenters. The lowest BCUT2D eigenvalue weighted by Crippen LogP contribution is -2.07. The van der Waals surface area contributed by atoms with Gasteiger partial charge in [-0.15, -0.1) is 0 Å². The molecule has 0 saturated heterocycles. The molecule has 0 radical (unpaired) electrons. The predicted octanol–water partition coefficient (Wildman–Crippen LogP) is 5.48. The molecule has 0 saturated carbocycles. The van der Waals surface area contributed by atoms with Gasteiger partial charge in [0, 0.05) is 35.2 Å². The summed E-state index contributed by atoms with van der Waals surface area (Å²) >= 11 is 0. The van der Waals surface area contributed by atoms with E-state index in [0.29, 0.717) is 22.9 Å². The molecule has 2 amide bonds. The summed E-state index contributed by atoms with van der Waals surface area (Å²) in [6.45, 7) is 4.77. The minimum absolute atomic E-state index is 0. The van der Waals surface area contributed by atoms with E-state index in [2.05, 4.69) is 21.3 Å². The third kappa shape index (κ3) is 18.7. The maximum absolute atomic E-state index is 11.1. The third-order valence-electron chi connectivity index (χ3n) is 4.57. The van der Waals surface area contributed by atoms with Crippen molar-refractivity contribution < 1.29 is 45.2 Å². The van der Waals surface area contributed by atoms with Crippen LogP contribution in [0.3, 0.4) is 0 Å². The van der Waals surface area contributed by atoms with Gasteiger partial charge in [-0.3, -0.25) is 14.1 Å². The first-order valence-corrected chi connectivity index (χ1v) is 16.3. The number of hydrogen-bond donors (Lipinski definition) is 4. The fourth-order valence-electron chi connectivity index (χ4n) is 2.92. The molecular weight excluding hydrogens is 661 g/mol. The quantitative estimate of drug-likeness (QED) is 0.144. The third-order valence-corrected chi connectivity index (χ3v) is 5.92. The first kappa shape index (κ1) is 42.4. The van der Waals surface area contributed by atoms with Gasteiger partial charge in [0.1, 0.15) is 17.2 Å². The van der Waals surface area contributed by atoms with E-state index in [1.807, 2.05) is 37.3 Å². The zero-order valence-corrected chi connectivity index (χ0v) is 27.2. The molecule has 17 heteroatoms. The number of aryl methyl sites for hydroxylation is 1. The molecule has 3 aromatic rings. The summed E-state index contributed by atoms with van der Waals surface area (Å²) < 4.78 is 62.3. The second-order valence-corrected chi connectivity index (χ2v) is 12.6. The van der Waals surface area contributed by atoms with Crippen molar-refractivity contribution >= 4 is 68.6 Å². The fourth-order valence-corrected chi connectivity index (χ4v) is 3.69. The van der Waals surface area contributed by atoms with Crippen molar-refractivity contribution in [3.8, 4) is 17.2 Å². The maximum atomic E-state index is 11.1. The van der Waals surface area contributed by atoms with E-state index in [0.717, 1.165) is 11.3 Å². The summed E-state index contributed by atoms with van der Waals surface area (Å²) in [6, 6.07) is 17.0. The van der Waals surface area contributed by atoms with Gasteiger partial charge < -0.3 is 30.6 Å². The Morgan fingerprint density at radius 2 is 1.18 bits per heavy atom. The van der Waals surface area contributed by atoms with Gasteiger partial charge in [0.2, 0.25) is 11.8 Å². The van der Waals surface area contributed by atoms with Crippen molar-refractivity contribution in [2.75, 3.05) is 37.7 Å². The Bertz CT molecular complexity index is 1580. The number of nitrogens with two attached hydrogens (primary N) is 1. The highest BCUT2D eigenvalue weighted by Crippen LogP contribution is 2.29. The SMILES string of the molecule is C.COc1ccc(C)cc1N.COc1ccc(S(=O)(=O)Cl)cc1NC(C)=O.COc1ccccc1NC(C)=O.O=S(=O)(O)Cl. The van der Waals surface area contributed by atoms with Crippen LogP contribution in [0.2, 0.25) is 0 Å². The first-order chi connectivity index (χ1) is 19.8. The van der Waals surface area contributed by atoms with Crippen LogP contribution >= 0.6 is 21.4 Å². The Balaban J connectivity index is 0. The van der Waals surface area contributed by atoms with Gasteiger partial charge in [-0.1, -0.05) is 25.6 Å². The highest BCUT2D eigenvalue weighted by Gasteiger charge is 2.14. The van der Waals surface area contributed by atoms with Gasteiger partial charge in [0.05, 0.1) is 43.3 Å². The molecule has 3 rings (SSSR count). The number of ether oxygens (including phenoxy) is 3. The van der Waals surface area contributed by atoms with Crippen molar-refractivity contribution in [2.24, 2.45) is 0 Å². The normalized spacial score (nSPS) is 9.93. The molecular formula is C27H37Cl2N3O10S2. The van der Waals surface area contributed by atoms with E-state index >= 15 is 0 Å². The summed E-state index contributed by atoms with van der Waals surface area (Å²) in [7, 11) is 5.82. The molecule has 0 fully saturated rings. The number of methoxy groups -OCH3 is 3.